The molecule has 3 rings (SSSR count). The number of nitrogens with one attached hydrogen (secondary N) is 1. The number of aromatic nitrogens is 2. The zero-order chi connectivity index (χ0) is 14.3. The monoisotopic (exact) mass is 288 g/mol. The van der Waals surface area contributed by atoms with Gasteiger partial charge in [-0.2, -0.15) is 0 Å². The van der Waals surface area contributed by atoms with Crippen LogP contribution in [-0.4, -0.2) is 9.97 Å². The highest BCUT2D eigenvalue weighted by molar-refractivity contribution is 7.71. The highest BCUT2D eigenvalue weighted by Crippen LogP contribution is 2.31. The predicted molar refractivity (Wildman–Crippen MR) is 80.0 cm³/mol. The summed E-state index contributed by atoms with van der Waals surface area (Å²) in [5.41, 5.74) is 3.11. The van der Waals surface area contributed by atoms with Crippen LogP contribution in [0.2, 0.25) is 0 Å². The molecule has 104 valence electrons. The lowest BCUT2D eigenvalue weighted by molar-refractivity contribution is 0.578. The van der Waals surface area contributed by atoms with Gasteiger partial charge in [0.25, 0.3) is 0 Å². The molecule has 1 aromatic carbocycles. The maximum atomic E-state index is 13.1. The van der Waals surface area contributed by atoms with Gasteiger partial charge in [-0.25, -0.2) is 9.37 Å². The van der Waals surface area contributed by atoms with E-state index >= 15 is 0 Å². The second-order valence-corrected chi connectivity index (χ2v) is 6.22. The van der Waals surface area contributed by atoms with Crippen LogP contribution in [0.3, 0.4) is 0 Å². The molecule has 0 saturated carbocycles. The largest absolute Gasteiger partial charge is 0.346 e. The summed E-state index contributed by atoms with van der Waals surface area (Å²) in [6, 6.07) is 6.58. The molecular formula is C16H17FN2S. The lowest BCUT2D eigenvalue weighted by Crippen LogP contribution is -2.23. The van der Waals surface area contributed by atoms with Gasteiger partial charge in [0.05, 0.1) is 0 Å². The van der Waals surface area contributed by atoms with Gasteiger partial charge in [-0.15, -0.1) is 0 Å². The third-order valence-electron chi connectivity index (χ3n) is 4.12. The molecule has 1 N–H and O–H groups in total. The van der Waals surface area contributed by atoms with Crippen molar-refractivity contribution in [3.8, 4) is 0 Å². The number of H-pyrrole nitrogens is 1. The molecule has 0 radical (unpaired) electrons. The standard InChI is InChI=1S/C16H17FN2S/c1-16(2,10-6-8-11(17)9-7-10)15-18-13-5-3-4-12(13)14(20)19-15/h6-9H,3-5H2,1-2H3,(H,18,19,20). The predicted octanol–water partition coefficient (Wildman–Crippen LogP) is 4.09. The maximum Gasteiger partial charge on any atom is 0.133 e. The Bertz CT molecular complexity index is 701. The molecule has 20 heavy (non-hydrogen) atoms. The summed E-state index contributed by atoms with van der Waals surface area (Å²) in [4.78, 5) is 8.03. The minimum atomic E-state index is -0.321. The summed E-state index contributed by atoms with van der Waals surface area (Å²) in [5.74, 6) is 0.633. The fourth-order valence-corrected chi connectivity index (χ4v) is 3.07. The van der Waals surface area contributed by atoms with Gasteiger partial charge in [-0.05, 0) is 50.8 Å². The summed E-state index contributed by atoms with van der Waals surface area (Å²) in [6.45, 7) is 4.16. The molecule has 0 fully saturated rings. The van der Waals surface area contributed by atoms with Crippen LogP contribution in [0.1, 0.15) is 42.9 Å². The van der Waals surface area contributed by atoms with Crippen LogP contribution in [0.25, 0.3) is 0 Å². The van der Waals surface area contributed by atoms with Gasteiger partial charge in [0.1, 0.15) is 16.3 Å². The third kappa shape index (κ3) is 2.18. The van der Waals surface area contributed by atoms with E-state index < -0.39 is 0 Å². The minimum absolute atomic E-state index is 0.223. The fraction of sp³-hybridized carbons (Fsp3) is 0.375. The van der Waals surface area contributed by atoms with Crippen LogP contribution in [0.4, 0.5) is 4.39 Å². The van der Waals surface area contributed by atoms with E-state index in [1.54, 1.807) is 12.1 Å². The number of benzene rings is 1. The first-order valence-corrected chi connectivity index (χ1v) is 7.28. The first-order valence-electron chi connectivity index (χ1n) is 6.87. The van der Waals surface area contributed by atoms with Gasteiger partial charge in [0.15, 0.2) is 0 Å². The van der Waals surface area contributed by atoms with Crippen LogP contribution in [-0.2, 0) is 18.3 Å². The highest BCUT2D eigenvalue weighted by Gasteiger charge is 2.27. The summed E-state index contributed by atoms with van der Waals surface area (Å²) < 4.78 is 13.8. The fourth-order valence-electron chi connectivity index (χ4n) is 2.76. The van der Waals surface area contributed by atoms with E-state index in [1.165, 1.54) is 23.4 Å². The molecule has 0 unspecified atom stereocenters. The Balaban J connectivity index is 2.09. The molecule has 1 aliphatic rings. The topological polar surface area (TPSA) is 28.7 Å². The van der Waals surface area contributed by atoms with Crippen LogP contribution >= 0.6 is 12.2 Å². The molecule has 4 heteroatoms. The van der Waals surface area contributed by atoms with E-state index in [2.05, 4.69) is 23.8 Å². The maximum absolute atomic E-state index is 13.1. The number of aromatic amines is 1. The number of rotatable bonds is 2. The number of aryl methyl sites for hydroxylation is 1. The lowest BCUT2D eigenvalue weighted by atomic mass is 9.83. The van der Waals surface area contributed by atoms with Crippen molar-refractivity contribution in [1.29, 1.82) is 0 Å². The quantitative estimate of drug-likeness (QED) is 0.843. The average Bonchev–Trinajstić information content (AvgIpc) is 2.88. The van der Waals surface area contributed by atoms with Gasteiger partial charge in [0, 0.05) is 16.7 Å². The molecule has 2 aromatic rings. The second-order valence-electron chi connectivity index (χ2n) is 5.83. The second kappa shape index (κ2) is 4.77. The molecular weight excluding hydrogens is 271 g/mol. The average molecular weight is 288 g/mol. The molecule has 0 aliphatic heterocycles. The molecule has 1 aliphatic carbocycles. The zero-order valence-corrected chi connectivity index (χ0v) is 12.5. The van der Waals surface area contributed by atoms with Crippen molar-refractivity contribution < 1.29 is 4.39 Å². The van der Waals surface area contributed by atoms with E-state index in [1.807, 2.05) is 0 Å². The van der Waals surface area contributed by atoms with E-state index in [4.69, 9.17) is 12.2 Å². The van der Waals surface area contributed by atoms with Crippen molar-refractivity contribution in [2.45, 2.75) is 38.5 Å². The third-order valence-corrected chi connectivity index (χ3v) is 4.45. The minimum Gasteiger partial charge on any atom is -0.346 e. The molecule has 0 bridgehead atoms. The van der Waals surface area contributed by atoms with E-state index in [0.29, 0.717) is 4.64 Å². The first kappa shape index (κ1) is 13.4. The molecule has 0 amide bonds. The molecule has 0 saturated heterocycles. The van der Waals surface area contributed by atoms with Gasteiger partial charge >= 0.3 is 0 Å². The molecule has 0 spiro atoms. The number of hydrogen-bond acceptors (Lipinski definition) is 2. The molecule has 2 nitrogen and oxygen atoms in total. The Hall–Kier alpha value is -1.55. The van der Waals surface area contributed by atoms with Crippen LogP contribution < -0.4 is 0 Å². The highest BCUT2D eigenvalue weighted by atomic mass is 32.1. The lowest BCUT2D eigenvalue weighted by Gasteiger charge is -2.25. The number of nitrogens with zero attached hydrogens (tertiary/aromatic N) is 1. The summed E-state index contributed by atoms with van der Waals surface area (Å²) >= 11 is 5.41. The van der Waals surface area contributed by atoms with Crippen molar-refractivity contribution in [3.05, 3.63) is 57.4 Å². The number of fused-ring (bicyclic) bond motifs is 1. The summed E-state index contributed by atoms with van der Waals surface area (Å²) in [6.07, 6.45) is 3.19. The zero-order valence-electron chi connectivity index (χ0n) is 11.7. The Labute approximate surface area is 123 Å². The smallest absolute Gasteiger partial charge is 0.133 e. The van der Waals surface area contributed by atoms with E-state index in [9.17, 15) is 4.39 Å². The Kier molecular flexibility index (Phi) is 3.21. The van der Waals surface area contributed by atoms with Crippen molar-refractivity contribution >= 4 is 12.2 Å². The van der Waals surface area contributed by atoms with Crippen molar-refractivity contribution in [2.75, 3.05) is 0 Å². The van der Waals surface area contributed by atoms with Crippen molar-refractivity contribution in [1.82, 2.24) is 9.97 Å². The van der Waals surface area contributed by atoms with Gasteiger partial charge < -0.3 is 4.98 Å². The number of hydrogen-bond donors (Lipinski definition) is 1. The normalized spacial score (nSPS) is 14.3. The SMILES string of the molecule is CC(C)(c1ccc(F)cc1)c1nc(=S)c2c([nH]1)CCC2. The van der Waals surface area contributed by atoms with Crippen molar-refractivity contribution in [3.63, 3.8) is 0 Å². The van der Waals surface area contributed by atoms with Crippen LogP contribution in [0.5, 0.6) is 0 Å². The Morgan fingerprint density at radius 3 is 2.60 bits per heavy atom. The van der Waals surface area contributed by atoms with E-state index in [-0.39, 0.29) is 11.2 Å². The Morgan fingerprint density at radius 1 is 1.20 bits per heavy atom. The Morgan fingerprint density at radius 2 is 1.90 bits per heavy atom. The summed E-state index contributed by atoms with van der Waals surface area (Å²) in [7, 11) is 0. The van der Waals surface area contributed by atoms with E-state index in [0.717, 1.165) is 30.7 Å². The first-order chi connectivity index (χ1) is 9.48. The molecule has 0 atom stereocenters. The van der Waals surface area contributed by atoms with Gasteiger partial charge in [-0.1, -0.05) is 24.4 Å². The van der Waals surface area contributed by atoms with Gasteiger partial charge in [0.2, 0.25) is 0 Å². The van der Waals surface area contributed by atoms with Crippen molar-refractivity contribution in [2.24, 2.45) is 0 Å². The van der Waals surface area contributed by atoms with Crippen LogP contribution in [0, 0.1) is 10.5 Å². The summed E-state index contributed by atoms with van der Waals surface area (Å²) in [5, 5.41) is 0. The molecule has 1 aromatic heterocycles. The molecule has 1 heterocycles. The number of halogens is 1. The van der Waals surface area contributed by atoms with Gasteiger partial charge in [-0.3, -0.25) is 0 Å². The van der Waals surface area contributed by atoms with Crippen LogP contribution in [0.15, 0.2) is 24.3 Å².